The molecule has 2 aromatic carbocycles. The summed E-state index contributed by atoms with van der Waals surface area (Å²) < 4.78 is 44.0. The molecule has 0 saturated carbocycles. The summed E-state index contributed by atoms with van der Waals surface area (Å²) in [5, 5.41) is 0. The number of sulfonamides is 1. The number of rotatable bonds is 10. The minimum absolute atomic E-state index is 0.0517. The standard InChI is InChI=1S/C23H25BrN2O8S/c1-4-34-23(29)15-5-9-17(10-6-15)26-20(27)13-19(22(26)28)25(14-21(32-2)33-3)35(30,31)18-11-7-16(24)8-12-18/h5-12,19,21H,4,13-14H2,1-3H3. The second kappa shape index (κ2) is 11.4. The van der Waals surface area contributed by atoms with Crippen molar-refractivity contribution in [2.45, 2.75) is 30.6 Å². The highest BCUT2D eigenvalue weighted by molar-refractivity contribution is 9.10. The molecule has 188 valence electrons. The Morgan fingerprint density at radius 2 is 1.69 bits per heavy atom. The van der Waals surface area contributed by atoms with Crippen molar-refractivity contribution < 1.29 is 37.0 Å². The van der Waals surface area contributed by atoms with Crippen molar-refractivity contribution in [1.29, 1.82) is 0 Å². The summed E-state index contributed by atoms with van der Waals surface area (Å²) in [7, 11) is -1.52. The van der Waals surface area contributed by atoms with Gasteiger partial charge in [0.15, 0.2) is 6.29 Å². The van der Waals surface area contributed by atoms with Gasteiger partial charge in [0, 0.05) is 18.7 Å². The Labute approximate surface area is 211 Å². The number of hydrogen-bond donors (Lipinski definition) is 0. The maximum Gasteiger partial charge on any atom is 0.338 e. The van der Waals surface area contributed by atoms with E-state index in [0.717, 1.165) is 9.21 Å². The van der Waals surface area contributed by atoms with E-state index in [1.165, 1.54) is 50.6 Å². The highest BCUT2D eigenvalue weighted by Gasteiger charge is 2.47. The van der Waals surface area contributed by atoms with Gasteiger partial charge in [-0.2, -0.15) is 4.31 Å². The monoisotopic (exact) mass is 568 g/mol. The summed E-state index contributed by atoms with van der Waals surface area (Å²) in [6.45, 7) is 1.57. The number of ether oxygens (including phenoxy) is 3. The molecule has 0 aromatic heterocycles. The van der Waals surface area contributed by atoms with E-state index in [2.05, 4.69) is 15.9 Å². The van der Waals surface area contributed by atoms with Crippen molar-refractivity contribution >= 4 is 49.4 Å². The zero-order valence-corrected chi connectivity index (χ0v) is 21.7. The lowest BCUT2D eigenvalue weighted by atomic mass is 10.2. The molecular formula is C23H25BrN2O8S. The van der Waals surface area contributed by atoms with Gasteiger partial charge in [0.1, 0.15) is 6.04 Å². The van der Waals surface area contributed by atoms with Crippen LogP contribution in [0.25, 0.3) is 0 Å². The van der Waals surface area contributed by atoms with Gasteiger partial charge in [-0.25, -0.2) is 18.1 Å². The number of hydrogen-bond acceptors (Lipinski definition) is 8. The van der Waals surface area contributed by atoms with Crippen molar-refractivity contribution in [2.24, 2.45) is 0 Å². The number of anilines is 1. The Kier molecular flexibility index (Phi) is 8.78. The number of carbonyl (C=O) groups is 3. The summed E-state index contributed by atoms with van der Waals surface area (Å²) in [5.41, 5.74) is 0.472. The average molecular weight is 569 g/mol. The van der Waals surface area contributed by atoms with Crippen molar-refractivity contribution in [3.63, 3.8) is 0 Å². The molecule has 3 rings (SSSR count). The third kappa shape index (κ3) is 5.78. The first-order valence-corrected chi connectivity index (χ1v) is 12.8. The Hall–Kier alpha value is -2.64. The molecule has 1 fully saturated rings. The van der Waals surface area contributed by atoms with Crippen molar-refractivity contribution in [3.8, 4) is 0 Å². The quantitative estimate of drug-likeness (QED) is 0.243. The maximum absolute atomic E-state index is 13.5. The molecule has 0 aliphatic carbocycles. The van der Waals surface area contributed by atoms with Crippen molar-refractivity contribution in [3.05, 3.63) is 58.6 Å². The highest BCUT2D eigenvalue weighted by atomic mass is 79.9. The van der Waals surface area contributed by atoms with Crippen LogP contribution in [0.4, 0.5) is 5.69 Å². The minimum Gasteiger partial charge on any atom is -0.462 e. The van der Waals surface area contributed by atoms with E-state index in [1.54, 1.807) is 19.1 Å². The van der Waals surface area contributed by atoms with Crippen LogP contribution in [0.15, 0.2) is 57.9 Å². The first-order chi connectivity index (χ1) is 16.6. The zero-order chi connectivity index (χ0) is 25.8. The molecule has 1 heterocycles. The molecule has 1 aliphatic heterocycles. The molecule has 10 nitrogen and oxygen atoms in total. The van der Waals surface area contributed by atoms with Crippen LogP contribution in [0, 0.1) is 0 Å². The molecule has 2 aromatic rings. The second-order valence-corrected chi connectivity index (χ2v) is 10.3. The number of esters is 1. The van der Waals surface area contributed by atoms with Crippen LogP contribution < -0.4 is 4.90 Å². The van der Waals surface area contributed by atoms with Gasteiger partial charge in [0.05, 0.1) is 35.7 Å². The van der Waals surface area contributed by atoms with E-state index >= 15 is 0 Å². The lowest BCUT2D eigenvalue weighted by Gasteiger charge is -2.29. The third-order valence-electron chi connectivity index (χ3n) is 5.38. The predicted octanol–water partition coefficient (Wildman–Crippen LogP) is 2.57. The van der Waals surface area contributed by atoms with E-state index in [-0.39, 0.29) is 35.7 Å². The van der Waals surface area contributed by atoms with E-state index in [4.69, 9.17) is 14.2 Å². The smallest absolute Gasteiger partial charge is 0.338 e. The zero-order valence-electron chi connectivity index (χ0n) is 19.3. The fourth-order valence-corrected chi connectivity index (χ4v) is 5.43. The van der Waals surface area contributed by atoms with Crippen LogP contribution >= 0.6 is 15.9 Å². The highest BCUT2D eigenvalue weighted by Crippen LogP contribution is 2.30. The van der Waals surface area contributed by atoms with Gasteiger partial charge in [0.25, 0.3) is 5.91 Å². The van der Waals surface area contributed by atoms with Gasteiger partial charge in [-0.1, -0.05) is 15.9 Å². The molecule has 0 spiro atoms. The number of carbonyl (C=O) groups excluding carboxylic acids is 3. The van der Waals surface area contributed by atoms with E-state index < -0.39 is 40.1 Å². The summed E-state index contributed by atoms with van der Waals surface area (Å²) in [4.78, 5) is 39.0. The topological polar surface area (TPSA) is 120 Å². The second-order valence-electron chi connectivity index (χ2n) is 7.48. The number of halogens is 1. The molecule has 0 N–H and O–H groups in total. The number of imide groups is 1. The van der Waals surface area contributed by atoms with Crippen LogP contribution in [0.3, 0.4) is 0 Å². The van der Waals surface area contributed by atoms with Gasteiger partial charge in [-0.3, -0.25) is 9.59 Å². The van der Waals surface area contributed by atoms with Crippen LogP contribution in [0.1, 0.15) is 23.7 Å². The molecule has 0 bridgehead atoms. The molecule has 1 unspecified atom stereocenters. The fraction of sp³-hybridized carbons (Fsp3) is 0.348. The van der Waals surface area contributed by atoms with E-state index in [9.17, 15) is 22.8 Å². The predicted molar refractivity (Wildman–Crippen MR) is 129 cm³/mol. The minimum atomic E-state index is -4.21. The van der Waals surface area contributed by atoms with E-state index in [0.29, 0.717) is 4.47 Å². The van der Waals surface area contributed by atoms with Crippen molar-refractivity contribution in [1.82, 2.24) is 4.31 Å². The SMILES string of the molecule is CCOC(=O)c1ccc(N2C(=O)CC(N(CC(OC)OC)S(=O)(=O)c3ccc(Br)cc3)C2=O)cc1. The van der Waals surface area contributed by atoms with Gasteiger partial charge >= 0.3 is 5.97 Å². The van der Waals surface area contributed by atoms with Gasteiger partial charge in [-0.05, 0) is 55.5 Å². The number of amides is 2. The molecule has 1 atom stereocenters. The van der Waals surface area contributed by atoms with E-state index in [1.807, 2.05) is 0 Å². The van der Waals surface area contributed by atoms with Crippen LogP contribution in [0.5, 0.6) is 0 Å². The molecule has 0 radical (unpaired) electrons. The number of methoxy groups -OCH3 is 2. The molecule has 35 heavy (non-hydrogen) atoms. The van der Waals surface area contributed by atoms with Crippen LogP contribution in [-0.4, -0.2) is 70.2 Å². The Balaban J connectivity index is 1.95. The molecule has 1 saturated heterocycles. The number of nitrogens with zero attached hydrogens (tertiary/aromatic N) is 2. The molecule has 12 heteroatoms. The number of benzene rings is 2. The lowest BCUT2D eigenvalue weighted by molar-refractivity contribution is -0.125. The average Bonchev–Trinajstić information content (AvgIpc) is 3.13. The van der Waals surface area contributed by atoms with Gasteiger partial charge in [-0.15, -0.1) is 0 Å². The summed E-state index contributed by atoms with van der Waals surface area (Å²) in [6, 6.07) is 10.3. The van der Waals surface area contributed by atoms with Crippen LogP contribution in [-0.2, 0) is 33.8 Å². The molecule has 2 amide bonds. The van der Waals surface area contributed by atoms with Gasteiger partial charge in [0.2, 0.25) is 15.9 Å². The normalized spacial score (nSPS) is 16.4. The molecular weight excluding hydrogens is 544 g/mol. The maximum atomic E-state index is 13.5. The lowest BCUT2D eigenvalue weighted by Crippen LogP contribution is -2.49. The summed E-state index contributed by atoms with van der Waals surface area (Å²) in [6.07, 6.45) is -1.34. The Morgan fingerprint density at radius 3 is 2.23 bits per heavy atom. The Bertz CT molecular complexity index is 1180. The Morgan fingerprint density at radius 1 is 1.09 bits per heavy atom. The molecule has 1 aliphatic rings. The summed E-state index contributed by atoms with van der Waals surface area (Å²) in [5.74, 6) is -1.83. The first-order valence-electron chi connectivity index (χ1n) is 10.6. The van der Waals surface area contributed by atoms with Gasteiger partial charge < -0.3 is 14.2 Å². The van der Waals surface area contributed by atoms with Crippen molar-refractivity contribution in [2.75, 3.05) is 32.3 Å². The third-order valence-corrected chi connectivity index (χ3v) is 7.80. The largest absolute Gasteiger partial charge is 0.462 e. The first kappa shape index (κ1) is 27.0. The van der Waals surface area contributed by atoms with Crippen LogP contribution in [0.2, 0.25) is 0 Å². The summed E-state index contributed by atoms with van der Waals surface area (Å²) >= 11 is 3.27. The fourth-order valence-electron chi connectivity index (χ4n) is 3.60.